The molecule has 0 fully saturated rings. The predicted molar refractivity (Wildman–Crippen MR) is 86.5 cm³/mol. The van der Waals surface area contributed by atoms with Gasteiger partial charge in [0, 0.05) is 17.4 Å². The molecular formula is C15H18N4OS. The number of benzene rings is 1. The first kappa shape index (κ1) is 15.3. The Hall–Kier alpha value is -2.08. The molecule has 6 heteroatoms. The van der Waals surface area contributed by atoms with Crippen LogP contribution in [0.5, 0.6) is 0 Å². The molecule has 110 valence electrons. The summed E-state index contributed by atoms with van der Waals surface area (Å²) in [6.07, 6.45) is 0. The Labute approximate surface area is 128 Å². The van der Waals surface area contributed by atoms with Crippen molar-refractivity contribution in [3.8, 4) is 0 Å². The molecule has 1 amide bonds. The summed E-state index contributed by atoms with van der Waals surface area (Å²) in [5.74, 6) is 0.575. The van der Waals surface area contributed by atoms with E-state index in [2.05, 4.69) is 15.3 Å². The summed E-state index contributed by atoms with van der Waals surface area (Å²) in [5, 5.41) is 3.41. The van der Waals surface area contributed by atoms with Crippen molar-refractivity contribution in [3.63, 3.8) is 0 Å². The summed E-state index contributed by atoms with van der Waals surface area (Å²) in [7, 11) is 0. The zero-order valence-corrected chi connectivity index (χ0v) is 13.1. The van der Waals surface area contributed by atoms with E-state index in [9.17, 15) is 4.79 Å². The predicted octanol–water partition coefficient (Wildman–Crippen LogP) is 2.71. The van der Waals surface area contributed by atoms with Crippen LogP contribution in [-0.2, 0) is 4.79 Å². The normalized spacial score (nSPS) is 10.4. The summed E-state index contributed by atoms with van der Waals surface area (Å²) in [6.45, 7) is 5.84. The van der Waals surface area contributed by atoms with Crippen molar-refractivity contribution in [1.82, 2.24) is 9.97 Å². The smallest absolute Gasteiger partial charge is 0.234 e. The van der Waals surface area contributed by atoms with E-state index in [0.717, 1.165) is 16.9 Å². The van der Waals surface area contributed by atoms with Gasteiger partial charge < -0.3 is 11.1 Å². The Bertz CT molecular complexity index is 652. The van der Waals surface area contributed by atoms with E-state index in [1.807, 2.05) is 39.0 Å². The van der Waals surface area contributed by atoms with E-state index in [1.165, 1.54) is 17.3 Å². The largest absolute Gasteiger partial charge is 0.384 e. The third kappa shape index (κ3) is 4.46. The van der Waals surface area contributed by atoms with Crippen LogP contribution in [0.2, 0.25) is 0 Å². The van der Waals surface area contributed by atoms with Gasteiger partial charge in [-0.1, -0.05) is 29.5 Å². The lowest BCUT2D eigenvalue weighted by Crippen LogP contribution is -2.15. The monoisotopic (exact) mass is 302 g/mol. The number of nitrogens with one attached hydrogen (secondary N) is 1. The standard InChI is InChI=1S/C15H18N4OS/c1-9-4-5-12(10(2)6-9)18-14(20)8-21-15-17-11(3)7-13(16)19-15/h4-7H,8H2,1-3H3,(H,18,20)(H2,16,17,19). The molecule has 3 N–H and O–H groups in total. The van der Waals surface area contributed by atoms with Gasteiger partial charge in [0.2, 0.25) is 5.91 Å². The number of anilines is 2. The lowest BCUT2D eigenvalue weighted by molar-refractivity contribution is -0.113. The molecule has 1 aromatic heterocycles. The summed E-state index contributed by atoms with van der Waals surface area (Å²) >= 11 is 1.27. The number of thioether (sulfide) groups is 1. The number of nitrogens with zero attached hydrogens (tertiary/aromatic N) is 2. The molecule has 0 aliphatic carbocycles. The lowest BCUT2D eigenvalue weighted by atomic mass is 10.1. The van der Waals surface area contributed by atoms with Crippen LogP contribution in [0, 0.1) is 20.8 Å². The Balaban J connectivity index is 1.95. The summed E-state index contributed by atoms with van der Waals surface area (Å²) in [5.41, 5.74) is 9.50. The second-order valence-corrected chi connectivity index (χ2v) is 5.81. The van der Waals surface area contributed by atoms with E-state index in [4.69, 9.17) is 5.73 Å². The van der Waals surface area contributed by atoms with Crippen LogP contribution in [0.3, 0.4) is 0 Å². The molecule has 0 atom stereocenters. The van der Waals surface area contributed by atoms with Crippen LogP contribution in [0.15, 0.2) is 29.4 Å². The second kappa shape index (κ2) is 6.58. The number of carbonyl (C=O) groups excluding carboxylic acids is 1. The first-order valence-corrected chi connectivity index (χ1v) is 7.53. The molecule has 5 nitrogen and oxygen atoms in total. The molecule has 0 aliphatic rings. The molecule has 21 heavy (non-hydrogen) atoms. The van der Waals surface area contributed by atoms with Gasteiger partial charge in [-0.25, -0.2) is 9.97 Å². The van der Waals surface area contributed by atoms with E-state index < -0.39 is 0 Å². The van der Waals surface area contributed by atoms with Gasteiger partial charge in [-0.05, 0) is 32.4 Å². The highest BCUT2D eigenvalue weighted by Crippen LogP contribution is 2.18. The molecule has 0 unspecified atom stereocenters. The van der Waals surface area contributed by atoms with Crippen LogP contribution in [-0.4, -0.2) is 21.6 Å². The SMILES string of the molecule is Cc1ccc(NC(=O)CSc2nc(C)cc(N)n2)c(C)c1. The van der Waals surface area contributed by atoms with Crippen LogP contribution < -0.4 is 11.1 Å². The summed E-state index contributed by atoms with van der Waals surface area (Å²) in [6, 6.07) is 7.61. The minimum Gasteiger partial charge on any atom is -0.384 e. The highest BCUT2D eigenvalue weighted by atomic mass is 32.2. The molecule has 0 spiro atoms. The van der Waals surface area contributed by atoms with Gasteiger partial charge in [0.25, 0.3) is 0 Å². The van der Waals surface area contributed by atoms with Crippen molar-refractivity contribution in [2.24, 2.45) is 0 Å². The van der Waals surface area contributed by atoms with Gasteiger partial charge in [0.05, 0.1) is 5.75 Å². The molecule has 0 radical (unpaired) electrons. The maximum atomic E-state index is 12.0. The average Bonchev–Trinajstić information content (AvgIpc) is 2.39. The molecule has 0 saturated heterocycles. The zero-order chi connectivity index (χ0) is 15.4. The number of carbonyl (C=O) groups is 1. The zero-order valence-electron chi connectivity index (χ0n) is 12.3. The summed E-state index contributed by atoms with van der Waals surface area (Å²) < 4.78 is 0. The molecule has 2 rings (SSSR count). The van der Waals surface area contributed by atoms with Gasteiger partial charge in [0.15, 0.2) is 5.16 Å². The Kier molecular flexibility index (Phi) is 4.80. The van der Waals surface area contributed by atoms with Crippen molar-refractivity contribution in [1.29, 1.82) is 0 Å². The lowest BCUT2D eigenvalue weighted by Gasteiger charge is -2.09. The minimum absolute atomic E-state index is 0.0874. The molecular weight excluding hydrogens is 284 g/mol. The second-order valence-electron chi connectivity index (χ2n) is 4.87. The van der Waals surface area contributed by atoms with Gasteiger partial charge in [-0.2, -0.15) is 0 Å². The topological polar surface area (TPSA) is 80.9 Å². The van der Waals surface area contributed by atoms with Crippen LogP contribution in [0.25, 0.3) is 0 Å². The van der Waals surface area contributed by atoms with Gasteiger partial charge >= 0.3 is 0 Å². The van der Waals surface area contributed by atoms with E-state index in [1.54, 1.807) is 6.07 Å². The van der Waals surface area contributed by atoms with Gasteiger partial charge in [-0.15, -0.1) is 0 Å². The van der Waals surface area contributed by atoms with Crippen LogP contribution in [0.1, 0.15) is 16.8 Å². The van der Waals surface area contributed by atoms with Crippen LogP contribution in [0.4, 0.5) is 11.5 Å². The highest BCUT2D eigenvalue weighted by molar-refractivity contribution is 7.99. The Morgan fingerprint density at radius 1 is 1.24 bits per heavy atom. The fraction of sp³-hybridized carbons (Fsp3) is 0.267. The Morgan fingerprint density at radius 2 is 2.00 bits per heavy atom. The highest BCUT2D eigenvalue weighted by Gasteiger charge is 2.08. The van der Waals surface area contributed by atoms with E-state index in [0.29, 0.717) is 11.0 Å². The third-order valence-electron chi connectivity index (χ3n) is 2.84. The quantitative estimate of drug-likeness (QED) is 0.670. The fourth-order valence-electron chi connectivity index (χ4n) is 1.90. The number of hydrogen-bond donors (Lipinski definition) is 2. The maximum Gasteiger partial charge on any atom is 0.234 e. The summed E-state index contributed by atoms with van der Waals surface area (Å²) in [4.78, 5) is 20.3. The minimum atomic E-state index is -0.0874. The van der Waals surface area contributed by atoms with Crippen molar-refractivity contribution in [2.45, 2.75) is 25.9 Å². The molecule has 1 heterocycles. The first-order chi connectivity index (χ1) is 9.94. The number of nitrogen functional groups attached to an aromatic ring is 1. The number of aromatic nitrogens is 2. The van der Waals surface area contributed by atoms with Crippen molar-refractivity contribution < 1.29 is 4.79 Å². The van der Waals surface area contributed by atoms with Crippen LogP contribution >= 0.6 is 11.8 Å². The number of hydrogen-bond acceptors (Lipinski definition) is 5. The number of amides is 1. The number of aryl methyl sites for hydroxylation is 3. The average molecular weight is 302 g/mol. The molecule has 1 aromatic carbocycles. The van der Waals surface area contributed by atoms with E-state index in [-0.39, 0.29) is 11.7 Å². The van der Waals surface area contributed by atoms with Gasteiger partial charge in [-0.3, -0.25) is 4.79 Å². The molecule has 0 bridgehead atoms. The van der Waals surface area contributed by atoms with Crippen molar-refractivity contribution in [3.05, 3.63) is 41.1 Å². The number of nitrogens with two attached hydrogens (primary N) is 1. The first-order valence-electron chi connectivity index (χ1n) is 6.55. The van der Waals surface area contributed by atoms with Crippen molar-refractivity contribution >= 4 is 29.2 Å². The third-order valence-corrected chi connectivity index (χ3v) is 3.69. The molecule has 2 aromatic rings. The van der Waals surface area contributed by atoms with Crippen molar-refractivity contribution in [2.75, 3.05) is 16.8 Å². The number of rotatable bonds is 4. The Morgan fingerprint density at radius 3 is 2.67 bits per heavy atom. The maximum absolute atomic E-state index is 12.0. The molecule has 0 saturated carbocycles. The van der Waals surface area contributed by atoms with Gasteiger partial charge in [0.1, 0.15) is 5.82 Å². The van der Waals surface area contributed by atoms with E-state index >= 15 is 0 Å². The molecule has 0 aliphatic heterocycles. The fourth-order valence-corrected chi connectivity index (χ4v) is 2.61.